The van der Waals surface area contributed by atoms with Crippen LogP contribution >= 0.6 is 11.3 Å². The van der Waals surface area contributed by atoms with Crippen LogP contribution in [0.1, 0.15) is 10.4 Å². The lowest BCUT2D eigenvalue weighted by molar-refractivity contribution is -0.131. The van der Waals surface area contributed by atoms with E-state index in [0.717, 1.165) is 20.8 Å². The molecule has 0 unspecified atom stereocenters. The highest BCUT2D eigenvalue weighted by Crippen LogP contribution is 2.18. The summed E-state index contributed by atoms with van der Waals surface area (Å²) in [5, 5.41) is 15.1. The van der Waals surface area contributed by atoms with Crippen LogP contribution in [0.15, 0.2) is 17.5 Å². The molecule has 0 aliphatic carbocycles. The normalized spacial score (nSPS) is 12.4. The molecule has 0 spiro atoms. The van der Waals surface area contributed by atoms with E-state index in [9.17, 15) is 13.2 Å². The SMILES string of the molecule is CN(Cc1cc(/C=C/C(=O)O)cs1)S(N)(=O)=O. The molecule has 0 amide bonds. The molecular weight excluding hydrogens is 264 g/mol. The Hall–Kier alpha value is -1.22. The van der Waals surface area contributed by atoms with E-state index < -0.39 is 16.2 Å². The Bertz CT molecular complexity index is 533. The molecule has 17 heavy (non-hydrogen) atoms. The molecule has 94 valence electrons. The highest BCUT2D eigenvalue weighted by molar-refractivity contribution is 7.86. The van der Waals surface area contributed by atoms with Gasteiger partial charge in [-0.2, -0.15) is 12.7 Å². The molecule has 1 aromatic rings. The summed E-state index contributed by atoms with van der Waals surface area (Å²) in [6, 6.07) is 1.71. The highest BCUT2D eigenvalue weighted by Gasteiger charge is 2.12. The molecule has 1 aromatic heterocycles. The maximum absolute atomic E-state index is 11.0. The summed E-state index contributed by atoms with van der Waals surface area (Å²) in [5.41, 5.74) is 0.718. The molecular formula is C9H12N2O4S2. The third-order valence-corrected chi connectivity index (χ3v) is 3.84. The number of carbonyl (C=O) groups is 1. The van der Waals surface area contributed by atoms with Crippen molar-refractivity contribution in [3.05, 3.63) is 28.0 Å². The zero-order valence-electron chi connectivity index (χ0n) is 9.03. The van der Waals surface area contributed by atoms with Gasteiger partial charge in [-0.25, -0.2) is 9.93 Å². The first-order valence-corrected chi connectivity index (χ1v) is 6.90. The number of hydrogen-bond acceptors (Lipinski definition) is 4. The Labute approximate surface area is 103 Å². The Morgan fingerprint density at radius 2 is 2.29 bits per heavy atom. The summed E-state index contributed by atoms with van der Waals surface area (Å²) in [4.78, 5) is 11.1. The number of aliphatic carboxylic acids is 1. The second-order valence-corrected chi connectivity index (χ2v) is 5.97. The zero-order valence-corrected chi connectivity index (χ0v) is 10.7. The number of thiophene rings is 1. The fraction of sp³-hybridized carbons (Fsp3) is 0.222. The number of nitrogens with two attached hydrogens (primary N) is 1. The van der Waals surface area contributed by atoms with Crippen molar-refractivity contribution in [2.75, 3.05) is 7.05 Å². The first-order chi connectivity index (χ1) is 7.79. The van der Waals surface area contributed by atoms with Crippen LogP contribution in [0.2, 0.25) is 0 Å². The Morgan fingerprint density at radius 1 is 1.65 bits per heavy atom. The van der Waals surface area contributed by atoms with Crippen molar-refractivity contribution >= 4 is 33.6 Å². The third kappa shape index (κ3) is 4.65. The third-order valence-electron chi connectivity index (χ3n) is 1.91. The Balaban J connectivity index is 2.73. The van der Waals surface area contributed by atoms with Crippen molar-refractivity contribution in [1.29, 1.82) is 0 Å². The van der Waals surface area contributed by atoms with Crippen LogP contribution in [0.3, 0.4) is 0 Å². The summed E-state index contributed by atoms with van der Waals surface area (Å²) < 4.78 is 23.0. The first kappa shape index (κ1) is 13.8. The van der Waals surface area contributed by atoms with Gasteiger partial charge in [-0.15, -0.1) is 11.3 Å². The van der Waals surface area contributed by atoms with Gasteiger partial charge in [-0.05, 0) is 23.1 Å². The molecule has 1 heterocycles. The molecule has 0 aromatic carbocycles. The van der Waals surface area contributed by atoms with Crippen LogP contribution in [0, 0.1) is 0 Å². The van der Waals surface area contributed by atoms with E-state index in [0.29, 0.717) is 0 Å². The molecule has 8 heteroatoms. The van der Waals surface area contributed by atoms with Gasteiger partial charge in [0.25, 0.3) is 10.2 Å². The summed E-state index contributed by atoms with van der Waals surface area (Å²) in [7, 11) is -2.31. The largest absolute Gasteiger partial charge is 0.478 e. The molecule has 0 aliphatic rings. The lowest BCUT2D eigenvalue weighted by Crippen LogP contribution is -2.32. The minimum atomic E-state index is -3.69. The van der Waals surface area contributed by atoms with Gasteiger partial charge in [-0.3, -0.25) is 0 Å². The van der Waals surface area contributed by atoms with Crippen LogP contribution in [-0.4, -0.2) is 30.8 Å². The van der Waals surface area contributed by atoms with E-state index in [-0.39, 0.29) is 6.54 Å². The summed E-state index contributed by atoms with van der Waals surface area (Å²) in [5.74, 6) is -1.03. The van der Waals surface area contributed by atoms with Gasteiger partial charge in [-0.1, -0.05) is 0 Å². The highest BCUT2D eigenvalue weighted by atomic mass is 32.2. The average molecular weight is 276 g/mol. The van der Waals surface area contributed by atoms with Gasteiger partial charge in [0.05, 0.1) is 0 Å². The number of carboxylic acids is 1. The maximum atomic E-state index is 11.0. The van der Waals surface area contributed by atoms with Crippen molar-refractivity contribution in [3.63, 3.8) is 0 Å². The van der Waals surface area contributed by atoms with Crippen LogP contribution in [-0.2, 0) is 21.5 Å². The van der Waals surface area contributed by atoms with E-state index in [1.807, 2.05) is 0 Å². The Kier molecular flexibility index (Phi) is 4.40. The zero-order chi connectivity index (χ0) is 13.1. The quantitative estimate of drug-likeness (QED) is 0.764. The number of hydrogen-bond donors (Lipinski definition) is 2. The second-order valence-electron chi connectivity index (χ2n) is 3.32. The van der Waals surface area contributed by atoms with Crippen LogP contribution in [0.5, 0.6) is 0 Å². The number of rotatable bonds is 5. The maximum Gasteiger partial charge on any atom is 0.328 e. The fourth-order valence-corrected chi connectivity index (χ4v) is 2.35. The van der Waals surface area contributed by atoms with Gasteiger partial charge in [0.15, 0.2) is 0 Å². The minimum absolute atomic E-state index is 0.171. The summed E-state index contributed by atoms with van der Waals surface area (Å²) in [6.45, 7) is 0.171. The molecule has 0 saturated heterocycles. The van der Waals surface area contributed by atoms with Crippen LogP contribution < -0.4 is 5.14 Å². The van der Waals surface area contributed by atoms with Gasteiger partial charge in [0.1, 0.15) is 0 Å². The molecule has 3 N–H and O–H groups in total. The first-order valence-electron chi connectivity index (χ1n) is 4.51. The smallest absolute Gasteiger partial charge is 0.328 e. The van der Waals surface area contributed by atoms with Crippen molar-refractivity contribution in [1.82, 2.24) is 4.31 Å². The molecule has 0 bridgehead atoms. The predicted octanol–water partition coefficient (Wildman–Crippen LogP) is 0.481. The minimum Gasteiger partial charge on any atom is -0.478 e. The Morgan fingerprint density at radius 3 is 2.82 bits per heavy atom. The van der Waals surface area contributed by atoms with Gasteiger partial charge >= 0.3 is 5.97 Å². The standard InChI is InChI=1S/C9H12N2O4S2/c1-11(17(10,14)15)5-8-4-7(6-16-8)2-3-9(12)13/h2-4,6H,5H2,1H3,(H,12,13)(H2,10,14,15)/b3-2+. The molecule has 6 nitrogen and oxygen atoms in total. The van der Waals surface area contributed by atoms with E-state index in [2.05, 4.69) is 0 Å². The summed E-state index contributed by atoms with van der Waals surface area (Å²) >= 11 is 1.34. The van der Waals surface area contributed by atoms with E-state index in [4.69, 9.17) is 10.2 Å². The molecule has 1 rings (SSSR count). The summed E-state index contributed by atoms with van der Waals surface area (Å²) in [6.07, 6.45) is 2.47. The second kappa shape index (κ2) is 5.41. The predicted molar refractivity (Wildman–Crippen MR) is 65.6 cm³/mol. The molecule has 0 saturated carbocycles. The average Bonchev–Trinajstić information content (AvgIpc) is 2.61. The van der Waals surface area contributed by atoms with Crippen molar-refractivity contribution in [2.24, 2.45) is 5.14 Å². The molecule has 0 aliphatic heterocycles. The van der Waals surface area contributed by atoms with Gasteiger partial charge < -0.3 is 5.11 Å². The van der Waals surface area contributed by atoms with Gasteiger partial charge in [0.2, 0.25) is 0 Å². The lowest BCUT2D eigenvalue weighted by Gasteiger charge is -2.11. The van der Waals surface area contributed by atoms with Crippen molar-refractivity contribution in [3.8, 4) is 0 Å². The molecule has 0 atom stereocenters. The number of nitrogens with zero attached hydrogens (tertiary/aromatic N) is 1. The fourth-order valence-electron chi connectivity index (χ4n) is 1.04. The molecule has 0 radical (unpaired) electrons. The van der Waals surface area contributed by atoms with Crippen LogP contribution in [0.4, 0.5) is 0 Å². The van der Waals surface area contributed by atoms with E-state index in [1.165, 1.54) is 24.5 Å². The van der Waals surface area contributed by atoms with Crippen molar-refractivity contribution in [2.45, 2.75) is 6.54 Å². The molecule has 0 fully saturated rings. The van der Waals surface area contributed by atoms with Gasteiger partial charge in [0, 0.05) is 24.5 Å². The number of carboxylic acid groups (broad SMARTS) is 1. The monoisotopic (exact) mass is 276 g/mol. The van der Waals surface area contributed by atoms with Crippen molar-refractivity contribution < 1.29 is 18.3 Å². The van der Waals surface area contributed by atoms with E-state index >= 15 is 0 Å². The topological polar surface area (TPSA) is 101 Å². The van der Waals surface area contributed by atoms with E-state index in [1.54, 1.807) is 11.4 Å². The lowest BCUT2D eigenvalue weighted by atomic mass is 10.3. The van der Waals surface area contributed by atoms with Crippen LogP contribution in [0.25, 0.3) is 6.08 Å².